The lowest BCUT2D eigenvalue weighted by molar-refractivity contribution is 0.0708. The van der Waals surface area contributed by atoms with Crippen LogP contribution in [0.1, 0.15) is 23.2 Å². The number of rotatable bonds is 2. The molecule has 1 aliphatic heterocycles. The average molecular weight is 271 g/mol. The van der Waals surface area contributed by atoms with Gasteiger partial charge in [-0.15, -0.1) is 0 Å². The molecule has 0 aromatic heterocycles. The van der Waals surface area contributed by atoms with Gasteiger partial charge in [-0.2, -0.15) is 0 Å². The lowest BCUT2D eigenvalue weighted by Gasteiger charge is -2.31. The molecule has 0 saturated carbocycles. The van der Waals surface area contributed by atoms with E-state index in [-0.39, 0.29) is 17.0 Å². The van der Waals surface area contributed by atoms with Crippen LogP contribution in [0, 0.1) is 5.82 Å². The number of hydrogen-bond donors (Lipinski definition) is 1. The van der Waals surface area contributed by atoms with Crippen molar-refractivity contribution in [2.24, 2.45) is 0 Å². The van der Waals surface area contributed by atoms with Gasteiger partial charge >= 0.3 is 0 Å². The summed E-state index contributed by atoms with van der Waals surface area (Å²) in [7, 11) is 1.78. The second-order valence-electron chi connectivity index (χ2n) is 4.55. The first-order valence-corrected chi connectivity index (χ1v) is 6.40. The van der Waals surface area contributed by atoms with Crippen molar-refractivity contribution in [2.75, 3.05) is 20.1 Å². The SMILES string of the molecule is CN(C(=O)c1ccc(F)c(Cl)c1)[C@@H]1CCCNC1. The zero-order valence-corrected chi connectivity index (χ0v) is 11.0. The Morgan fingerprint density at radius 3 is 2.94 bits per heavy atom. The van der Waals surface area contributed by atoms with Gasteiger partial charge in [-0.1, -0.05) is 11.6 Å². The predicted octanol–water partition coefficient (Wildman–Crippen LogP) is 2.30. The van der Waals surface area contributed by atoms with Crippen LogP contribution in [0.3, 0.4) is 0 Å². The van der Waals surface area contributed by atoms with Crippen LogP contribution in [0.5, 0.6) is 0 Å². The molecule has 1 aromatic rings. The number of halogens is 2. The topological polar surface area (TPSA) is 32.3 Å². The van der Waals surface area contributed by atoms with E-state index in [4.69, 9.17) is 11.6 Å². The highest BCUT2D eigenvalue weighted by atomic mass is 35.5. The third kappa shape index (κ3) is 2.82. The Morgan fingerprint density at radius 1 is 1.56 bits per heavy atom. The van der Waals surface area contributed by atoms with Gasteiger partial charge in [0.25, 0.3) is 5.91 Å². The molecule has 0 radical (unpaired) electrons. The molecular weight excluding hydrogens is 255 g/mol. The highest BCUT2D eigenvalue weighted by molar-refractivity contribution is 6.31. The second kappa shape index (κ2) is 5.67. The van der Waals surface area contributed by atoms with Crippen molar-refractivity contribution in [1.29, 1.82) is 0 Å². The van der Waals surface area contributed by atoms with Crippen LogP contribution < -0.4 is 5.32 Å². The summed E-state index contributed by atoms with van der Waals surface area (Å²) in [5, 5.41) is 3.25. The second-order valence-corrected chi connectivity index (χ2v) is 4.95. The normalized spacial score (nSPS) is 19.6. The summed E-state index contributed by atoms with van der Waals surface area (Å²) in [6.45, 7) is 1.80. The van der Waals surface area contributed by atoms with Gasteiger partial charge in [0.15, 0.2) is 0 Å². The Bertz CT molecular complexity index is 447. The van der Waals surface area contributed by atoms with Gasteiger partial charge < -0.3 is 10.2 Å². The van der Waals surface area contributed by atoms with Gasteiger partial charge in [0.1, 0.15) is 5.82 Å². The van der Waals surface area contributed by atoms with Gasteiger partial charge in [0, 0.05) is 25.2 Å². The van der Waals surface area contributed by atoms with Crippen molar-refractivity contribution in [3.8, 4) is 0 Å². The Labute approximate surface area is 111 Å². The molecule has 2 rings (SSSR count). The summed E-state index contributed by atoms with van der Waals surface area (Å²) in [4.78, 5) is 13.9. The van der Waals surface area contributed by atoms with Crippen molar-refractivity contribution in [1.82, 2.24) is 10.2 Å². The van der Waals surface area contributed by atoms with Gasteiger partial charge in [-0.05, 0) is 37.6 Å². The van der Waals surface area contributed by atoms with Crippen LogP contribution in [-0.2, 0) is 0 Å². The lowest BCUT2D eigenvalue weighted by atomic mass is 10.1. The summed E-state index contributed by atoms with van der Waals surface area (Å²) >= 11 is 5.69. The van der Waals surface area contributed by atoms with Gasteiger partial charge in [-0.25, -0.2) is 4.39 Å². The Kier molecular flexibility index (Phi) is 4.19. The van der Waals surface area contributed by atoms with Crippen molar-refractivity contribution < 1.29 is 9.18 Å². The van der Waals surface area contributed by atoms with E-state index in [0.717, 1.165) is 25.9 Å². The summed E-state index contributed by atoms with van der Waals surface area (Å²) in [5.41, 5.74) is 0.425. The average Bonchev–Trinajstić information content (AvgIpc) is 2.41. The molecule has 1 amide bonds. The molecule has 1 aliphatic rings. The van der Waals surface area contributed by atoms with Crippen molar-refractivity contribution in [3.63, 3.8) is 0 Å². The number of likely N-dealkylation sites (N-methyl/N-ethyl adjacent to an activating group) is 1. The fraction of sp³-hybridized carbons (Fsp3) is 0.462. The van der Waals surface area contributed by atoms with E-state index in [2.05, 4.69) is 5.32 Å². The Morgan fingerprint density at radius 2 is 2.33 bits per heavy atom. The van der Waals surface area contributed by atoms with Crippen molar-refractivity contribution >= 4 is 17.5 Å². The molecule has 1 N–H and O–H groups in total. The fourth-order valence-electron chi connectivity index (χ4n) is 2.16. The standard InChI is InChI=1S/C13H16ClFN2O/c1-17(10-3-2-6-16-8-10)13(18)9-4-5-12(15)11(14)7-9/h4-5,7,10,16H,2-3,6,8H2,1H3/t10-/m1/s1. The maximum absolute atomic E-state index is 13.1. The van der Waals surface area contributed by atoms with Gasteiger partial charge in [0.05, 0.1) is 5.02 Å². The molecule has 0 aliphatic carbocycles. The van der Waals surface area contributed by atoms with E-state index >= 15 is 0 Å². The molecule has 1 heterocycles. The quantitative estimate of drug-likeness (QED) is 0.894. The van der Waals surface area contributed by atoms with Crippen molar-refractivity contribution in [3.05, 3.63) is 34.6 Å². The van der Waals surface area contributed by atoms with E-state index in [1.165, 1.54) is 18.2 Å². The molecule has 1 aromatic carbocycles. The maximum Gasteiger partial charge on any atom is 0.253 e. The van der Waals surface area contributed by atoms with Crippen LogP contribution in [0.25, 0.3) is 0 Å². The highest BCUT2D eigenvalue weighted by Crippen LogP contribution is 2.18. The number of carbonyl (C=O) groups excluding carboxylic acids is 1. The molecule has 0 unspecified atom stereocenters. The minimum absolute atomic E-state index is 0.0176. The number of nitrogens with zero attached hydrogens (tertiary/aromatic N) is 1. The zero-order valence-electron chi connectivity index (χ0n) is 10.2. The summed E-state index contributed by atoms with van der Waals surface area (Å²) in [6.07, 6.45) is 2.05. The molecule has 0 spiro atoms. The van der Waals surface area contributed by atoms with E-state index in [0.29, 0.717) is 5.56 Å². The van der Waals surface area contributed by atoms with Crippen LogP contribution in [0.15, 0.2) is 18.2 Å². The predicted molar refractivity (Wildman–Crippen MR) is 69.4 cm³/mol. The van der Waals surface area contributed by atoms with Crippen LogP contribution >= 0.6 is 11.6 Å². The first kappa shape index (κ1) is 13.3. The zero-order chi connectivity index (χ0) is 13.1. The van der Waals surface area contributed by atoms with Crippen LogP contribution in [0.4, 0.5) is 4.39 Å². The molecule has 5 heteroatoms. The smallest absolute Gasteiger partial charge is 0.253 e. The van der Waals surface area contributed by atoms with Crippen molar-refractivity contribution in [2.45, 2.75) is 18.9 Å². The first-order chi connectivity index (χ1) is 8.59. The molecule has 18 heavy (non-hydrogen) atoms. The van der Waals surface area contributed by atoms with Gasteiger partial charge in [-0.3, -0.25) is 4.79 Å². The molecule has 3 nitrogen and oxygen atoms in total. The number of piperidine rings is 1. The van der Waals surface area contributed by atoms with Gasteiger partial charge in [0.2, 0.25) is 0 Å². The minimum atomic E-state index is -0.504. The molecule has 1 saturated heterocycles. The van der Waals surface area contributed by atoms with Crippen LogP contribution in [0.2, 0.25) is 5.02 Å². The monoisotopic (exact) mass is 270 g/mol. The fourth-order valence-corrected chi connectivity index (χ4v) is 2.34. The van der Waals surface area contributed by atoms with Crippen LogP contribution in [-0.4, -0.2) is 37.0 Å². The Hall–Kier alpha value is -1.13. The molecule has 98 valence electrons. The Balaban J connectivity index is 2.11. The minimum Gasteiger partial charge on any atom is -0.337 e. The summed E-state index contributed by atoms with van der Waals surface area (Å²) in [5.74, 6) is -0.624. The molecule has 1 fully saturated rings. The summed E-state index contributed by atoms with van der Waals surface area (Å²) in [6, 6.07) is 4.26. The van der Waals surface area contributed by atoms with E-state index < -0.39 is 5.82 Å². The number of hydrogen-bond acceptors (Lipinski definition) is 2. The maximum atomic E-state index is 13.1. The third-order valence-corrected chi connectivity index (χ3v) is 3.60. The lowest BCUT2D eigenvalue weighted by Crippen LogP contribution is -2.46. The van der Waals surface area contributed by atoms with E-state index in [9.17, 15) is 9.18 Å². The molecule has 0 bridgehead atoms. The highest BCUT2D eigenvalue weighted by Gasteiger charge is 2.23. The summed E-state index contributed by atoms with van der Waals surface area (Å²) < 4.78 is 13.1. The van der Waals surface area contributed by atoms with E-state index in [1.807, 2.05) is 0 Å². The molecular formula is C13H16ClFN2O. The number of carbonyl (C=O) groups is 1. The van der Waals surface area contributed by atoms with E-state index in [1.54, 1.807) is 11.9 Å². The molecule has 1 atom stereocenters. The first-order valence-electron chi connectivity index (χ1n) is 6.02. The number of benzene rings is 1. The largest absolute Gasteiger partial charge is 0.337 e. The number of amides is 1. The number of nitrogens with one attached hydrogen (secondary N) is 1. The third-order valence-electron chi connectivity index (χ3n) is 3.31.